The molecule has 0 unspecified atom stereocenters. The Morgan fingerprint density at radius 3 is 2.33 bits per heavy atom. The molecule has 0 aliphatic heterocycles. The normalized spacial score (nSPS) is 10.6. The number of hydrogen-bond donors (Lipinski definition) is 2. The maximum absolute atomic E-state index is 13.1. The van der Waals surface area contributed by atoms with Crippen molar-refractivity contribution in [1.29, 1.82) is 0 Å². The molecule has 0 saturated carbocycles. The highest BCUT2D eigenvalue weighted by Gasteiger charge is 2.13. The van der Waals surface area contributed by atoms with Gasteiger partial charge in [-0.2, -0.15) is 5.10 Å². The molecule has 3 aromatic rings. The van der Waals surface area contributed by atoms with Crippen molar-refractivity contribution in [3.63, 3.8) is 0 Å². The molecule has 9 heteroatoms. The van der Waals surface area contributed by atoms with Crippen molar-refractivity contribution in [3.05, 3.63) is 83.7 Å². The van der Waals surface area contributed by atoms with Crippen molar-refractivity contribution in [2.45, 2.75) is 26.9 Å². The van der Waals surface area contributed by atoms with Crippen LogP contribution in [0.2, 0.25) is 0 Å². The Morgan fingerprint density at radius 2 is 1.64 bits per heavy atom. The van der Waals surface area contributed by atoms with Crippen LogP contribution in [0.1, 0.15) is 31.4 Å². The number of benzene rings is 3. The molecule has 0 aliphatic rings. The van der Waals surface area contributed by atoms with Gasteiger partial charge < -0.3 is 19.5 Å². The Bertz CT molecular complexity index is 1180. The highest BCUT2D eigenvalue weighted by atomic mass is 19.1. The quantitative estimate of drug-likeness (QED) is 0.230. The molecule has 3 aromatic carbocycles. The standard InChI is InChI=1S/C27H28FN3O5/c1-3-15-35-23-12-10-22(11-13-23)30-26(32)27(33)31-29-17-20-7-14-24(25(16-20)34-4-2)36-18-19-5-8-21(28)9-6-19/h5-14,16-17H,3-4,15,18H2,1-2H3,(H,30,32)(H,31,33)/b29-17-. The highest BCUT2D eigenvalue weighted by Crippen LogP contribution is 2.29. The lowest BCUT2D eigenvalue weighted by molar-refractivity contribution is -0.136. The van der Waals surface area contributed by atoms with Crippen LogP contribution < -0.4 is 25.0 Å². The van der Waals surface area contributed by atoms with Gasteiger partial charge in [-0.05, 0) is 79.1 Å². The Labute approximate surface area is 209 Å². The molecule has 0 radical (unpaired) electrons. The summed E-state index contributed by atoms with van der Waals surface area (Å²) in [7, 11) is 0. The summed E-state index contributed by atoms with van der Waals surface area (Å²) in [5, 5.41) is 6.35. The van der Waals surface area contributed by atoms with E-state index in [1.165, 1.54) is 18.3 Å². The van der Waals surface area contributed by atoms with Crippen LogP contribution in [0, 0.1) is 5.82 Å². The summed E-state index contributed by atoms with van der Waals surface area (Å²) in [6.45, 7) is 5.11. The Morgan fingerprint density at radius 1 is 0.889 bits per heavy atom. The van der Waals surface area contributed by atoms with Gasteiger partial charge in [-0.25, -0.2) is 9.82 Å². The molecular weight excluding hydrogens is 465 g/mol. The number of carbonyl (C=O) groups is 2. The zero-order valence-electron chi connectivity index (χ0n) is 20.1. The van der Waals surface area contributed by atoms with Gasteiger partial charge in [0.25, 0.3) is 0 Å². The summed E-state index contributed by atoms with van der Waals surface area (Å²) in [4.78, 5) is 24.2. The van der Waals surface area contributed by atoms with Crippen LogP contribution in [-0.4, -0.2) is 31.2 Å². The van der Waals surface area contributed by atoms with E-state index in [-0.39, 0.29) is 12.4 Å². The number of hydrazone groups is 1. The van der Waals surface area contributed by atoms with E-state index in [4.69, 9.17) is 14.2 Å². The highest BCUT2D eigenvalue weighted by molar-refractivity contribution is 6.39. The van der Waals surface area contributed by atoms with Gasteiger partial charge in [0, 0.05) is 5.69 Å². The number of carbonyl (C=O) groups excluding carboxylic acids is 2. The summed E-state index contributed by atoms with van der Waals surface area (Å²) in [5.41, 5.74) is 4.09. The predicted octanol–water partition coefficient (Wildman–Crippen LogP) is 4.68. The topological polar surface area (TPSA) is 98.2 Å². The first-order chi connectivity index (χ1) is 17.5. The first kappa shape index (κ1) is 26.2. The third kappa shape index (κ3) is 8.12. The molecule has 0 saturated heterocycles. The molecule has 3 rings (SSSR count). The van der Waals surface area contributed by atoms with E-state index in [9.17, 15) is 14.0 Å². The first-order valence-electron chi connectivity index (χ1n) is 11.5. The zero-order chi connectivity index (χ0) is 25.8. The van der Waals surface area contributed by atoms with Crippen molar-refractivity contribution < 1.29 is 28.2 Å². The predicted molar refractivity (Wildman–Crippen MR) is 135 cm³/mol. The van der Waals surface area contributed by atoms with Crippen LogP contribution in [-0.2, 0) is 16.2 Å². The van der Waals surface area contributed by atoms with Crippen LogP contribution in [0.5, 0.6) is 17.2 Å². The number of nitrogens with zero attached hydrogens (tertiary/aromatic N) is 1. The SMILES string of the molecule is CCCOc1ccc(NC(=O)C(=O)N/N=C\c2ccc(OCc3ccc(F)cc3)c(OCC)c2)cc1. The molecule has 8 nitrogen and oxygen atoms in total. The Hall–Kier alpha value is -4.40. The molecule has 0 spiro atoms. The fourth-order valence-electron chi connectivity index (χ4n) is 2.99. The molecule has 0 heterocycles. The van der Waals surface area contributed by atoms with Gasteiger partial charge in [0.15, 0.2) is 11.5 Å². The molecule has 0 aromatic heterocycles. The van der Waals surface area contributed by atoms with Crippen molar-refractivity contribution in [2.75, 3.05) is 18.5 Å². The van der Waals surface area contributed by atoms with Crippen molar-refractivity contribution in [3.8, 4) is 17.2 Å². The summed E-state index contributed by atoms with van der Waals surface area (Å²) in [6.07, 6.45) is 2.28. The number of anilines is 1. The summed E-state index contributed by atoms with van der Waals surface area (Å²) in [6, 6.07) is 17.9. The number of amides is 2. The number of hydrogen-bond acceptors (Lipinski definition) is 6. The van der Waals surface area contributed by atoms with Gasteiger partial charge in [-0.1, -0.05) is 19.1 Å². The summed E-state index contributed by atoms with van der Waals surface area (Å²) < 4.78 is 30.0. The second-order valence-electron chi connectivity index (χ2n) is 7.58. The summed E-state index contributed by atoms with van der Waals surface area (Å²) in [5.74, 6) is -0.404. The van der Waals surface area contributed by atoms with Crippen molar-refractivity contribution >= 4 is 23.7 Å². The van der Waals surface area contributed by atoms with Gasteiger partial charge in [-0.15, -0.1) is 0 Å². The molecule has 0 bridgehead atoms. The van der Waals surface area contributed by atoms with Gasteiger partial charge in [0.2, 0.25) is 0 Å². The van der Waals surface area contributed by atoms with Crippen molar-refractivity contribution in [1.82, 2.24) is 5.43 Å². The lowest BCUT2D eigenvalue weighted by Gasteiger charge is -2.12. The maximum atomic E-state index is 13.1. The molecule has 0 fully saturated rings. The second kappa shape index (κ2) is 13.5. The van der Waals surface area contributed by atoms with E-state index in [2.05, 4.69) is 15.8 Å². The van der Waals surface area contributed by atoms with Crippen molar-refractivity contribution in [2.24, 2.45) is 5.10 Å². The average molecular weight is 494 g/mol. The van der Waals surface area contributed by atoms with Crippen LogP contribution in [0.3, 0.4) is 0 Å². The smallest absolute Gasteiger partial charge is 0.329 e. The van der Waals surface area contributed by atoms with Gasteiger partial charge >= 0.3 is 11.8 Å². The number of rotatable bonds is 11. The minimum Gasteiger partial charge on any atom is -0.494 e. The van der Waals surface area contributed by atoms with E-state index in [0.717, 1.165) is 12.0 Å². The molecule has 36 heavy (non-hydrogen) atoms. The third-order valence-electron chi connectivity index (χ3n) is 4.75. The molecular formula is C27H28FN3O5. The van der Waals surface area contributed by atoms with Gasteiger partial charge in [-0.3, -0.25) is 9.59 Å². The molecule has 0 atom stereocenters. The van der Waals surface area contributed by atoms with Crippen LogP contribution >= 0.6 is 0 Å². The first-order valence-corrected chi connectivity index (χ1v) is 11.5. The van der Waals surface area contributed by atoms with Crippen LogP contribution in [0.15, 0.2) is 71.8 Å². The largest absolute Gasteiger partial charge is 0.494 e. The maximum Gasteiger partial charge on any atom is 0.329 e. The Balaban J connectivity index is 1.54. The zero-order valence-corrected chi connectivity index (χ0v) is 20.1. The Kier molecular flexibility index (Phi) is 9.81. The summed E-state index contributed by atoms with van der Waals surface area (Å²) >= 11 is 0. The van der Waals surface area contributed by atoms with Crippen LogP contribution in [0.25, 0.3) is 0 Å². The lowest BCUT2D eigenvalue weighted by Crippen LogP contribution is -2.32. The van der Waals surface area contributed by atoms with E-state index >= 15 is 0 Å². The number of nitrogens with one attached hydrogen (secondary N) is 2. The van der Waals surface area contributed by atoms with E-state index < -0.39 is 11.8 Å². The molecule has 2 N–H and O–H groups in total. The van der Waals surface area contributed by atoms with Gasteiger partial charge in [0.1, 0.15) is 18.2 Å². The third-order valence-corrected chi connectivity index (χ3v) is 4.75. The van der Waals surface area contributed by atoms with E-state index in [0.29, 0.717) is 41.7 Å². The van der Waals surface area contributed by atoms with E-state index in [1.54, 1.807) is 54.6 Å². The minimum absolute atomic E-state index is 0.244. The average Bonchev–Trinajstić information content (AvgIpc) is 2.89. The fraction of sp³-hybridized carbons (Fsp3) is 0.222. The lowest BCUT2D eigenvalue weighted by atomic mass is 10.2. The fourth-order valence-corrected chi connectivity index (χ4v) is 2.99. The van der Waals surface area contributed by atoms with Gasteiger partial charge in [0.05, 0.1) is 19.4 Å². The van der Waals surface area contributed by atoms with Crippen LogP contribution in [0.4, 0.5) is 10.1 Å². The number of ether oxygens (including phenoxy) is 3. The number of halogens is 1. The molecule has 0 aliphatic carbocycles. The van der Waals surface area contributed by atoms with E-state index in [1.807, 2.05) is 13.8 Å². The monoisotopic (exact) mass is 493 g/mol. The molecule has 2 amide bonds. The second-order valence-corrected chi connectivity index (χ2v) is 7.58. The molecule has 188 valence electrons. The minimum atomic E-state index is -0.915.